The highest BCUT2D eigenvalue weighted by Gasteiger charge is 2.12. The number of hydrogen-bond donors (Lipinski definition) is 2. The molecular formula is C12H16FNO2. The molecule has 0 aliphatic heterocycles. The minimum Gasteiger partial charge on any atom is -0.386 e. The van der Waals surface area contributed by atoms with Gasteiger partial charge in [0, 0.05) is 18.5 Å². The Morgan fingerprint density at radius 2 is 2.19 bits per heavy atom. The van der Waals surface area contributed by atoms with Crippen molar-refractivity contribution in [2.75, 3.05) is 6.54 Å². The van der Waals surface area contributed by atoms with Gasteiger partial charge in [-0.1, -0.05) is 25.1 Å². The molecule has 1 unspecified atom stereocenters. The zero-order chi connectivity index (χ0) is 12.0. The van der Waals surface area contributed by atoms with E-state index in [4.69, 9.17) is 0 Å². The molecule has 16 heavy (non-hydrogen) atoms. The first-order valence-electron chi connectivity index (χ1n) is 5.34. The molecule has 0 fully saturated rings. The lowest BCUT2D eigenvalue weighted by molar-refractivity contribution is -0.121. The number of benzene rings is 1. The first kappa shape index (κ1) is 12.6. The fraction of sp³-hybridized carbons (Fsp3) is 0.417. The number of carbonyl (C=O) groups excluding carboxylic acids is 1. The van der Waals surface area contributed by atoms with Crippen molar-refractivity contribution in [2.24, 2.45) is 0 Å². The second kappa shape index (κ2) is 6.23. The maximum atomic E-state index is 13.2. The number of nitrogens with one attached hydrogen (secondary N) is 1. The van der Waals surface area contributed by atoms with Gasteiger partial charge in [0.05, 0.1) is 6.10 Å². The van der Waals surface area contributed by atoms with Crippen LogP contribution >= 0.6 is 0 Å². The van der Waals surface area contributed by atoms with Crippen molar-refractivity contribution in [3.8, 4) is 0 Å². The quantitative estimate of drug-likeness (QED) is 0.802. The van der Waals surface area contributed by atoms with E-state index in [0.29, 0.717) is 6.42 Å². The highest BCUT2D eigenvalue weighted by atomic mass is 19.1. The van der Waals surface area contributed by atoms with Crippen LogP contribution in [0.25, 0.3) is 0 Å². The van der Waals surface area contributed by atoms with Gasteiger partial charge in [0.1, 0.15) is 5.82 Å². The molecule has 0 radical (unpaired) electrons. The van der Waals surface area contributed by atoms with Crippen LogP contribution in [0.15, 0.2) is 24.3 Å². The summed E-state index contributed by atoms with van der Waals surface area (Å²) in [7, 11) is 0. The zero-order valence-electron chi connectivity index (χ0n) is 9.24. The van der Waals surface area contributed by atoms with Gasteiger partial charge in [0.2, 0.25) is 5.91 Å². The molecule has 1 aromatic rings. The van der Waals surface area contributed by atoms with Gasteiger partial charge in [0.15, 0.2) is 0 Å². The van der Waals surface area contributed by atoms with Crippen molar-refractivity contribution in [2.45, 2.75) is 25.9 Å². The molecule has 0 bridgehead atoms. The van der Waals surface area contributed by atoms with Crippen molar-refractivity contribution in [1.82, 2.24) is 5.32 Å². The van der Waals surface area contributed by atoms with E-state index in [2.05, 4.69) is 5.32 Å². The topological polar surface area (TPSA) is 49.3 Å². The fourth-order valence-electron chi connectivity index (χ4n) is 1.38. The van der Waals surface area contributed by atoms with Crippen LogP contribution in [0.3, 0.4) is 0 Å². The van der Waals surface area contributed by atoms with E-state index in [1.807, 2.05) is 6.92 Å². The zero-order valence-corrected chi connectivity index (χ0v) is 9.24. The summed E-state index contributed by atoms with van der Waals surface area (Å²) in [5.74, 6) is -0.586. The summed E-state index contributed by atoms with van der Waals surface area (Å²) in [4.78, 5) is 11.1. The second-order valence-electron chi connectivity index (χ2n) is 3.59. The Morgan fingerprint density at radius 3 is 2.81 bits per heavy atom. The SMILES string of the molecule is CCCC(=O)NCC(O)c1ccccc1F. The first-order chi connectivity index (χ1) is 7.65. The standard InChI is InChI=1S/C12H16FNO2/c1-2-5-12(16)14-8-11(15)9-6-3-4-7-10(9)13/h3-4,6-7,11,15H,2,5,8H2,1H3,(H,14,16). The molecule has 1 atom stereocenters. The van der Waals surface area contributed by atoms with E-state index < -0.39 is 11.9 Å². The van der Waals surface area contributed by atoms with Crippen LogP contribution in [0.5, 0.6) is 0 Å². The number of halogens is 1. The molecule has 1 aromatic carbocycles. The third-order valence-electron chi connectivity index (χ3n) is 2.23. The van der Waals surface area contributed by atoms with Crippen molar-refractivity contribution in [3.63, 3.8) is 0 Å². The van der Waals surface area contributed by atoms with Crippen molar-refractivity contribution < 1.29 is 14.3 Å². The molecular weight excluding hydrogens is 209 g/mol. The lowest BCUT2D eigenvalue weighted by Crippen LogP contribution is -2.28. The van der Waals surface area contributed by atoms with Crippen molar-refractivity contribution >= 4 is 5.91 Å². The molecule has 0 heterocycles. The maximum Gasteiger partial charge on any atom is 0.220 e. The van der Waals surface area contributed by atoms with Crippen LogP contribution in [-0.2, 0) is 4.79 Å². The summed E-state index contributed by atoms with van der Waals surface area (Å²) in [6.07, 6.45) is 0.174. The summed E-state index contributed by atoms with van der Waals surface area (Å²) in [5, 5.41) is 12.2. The van der Waals surface area contributed by atoms with E-state index in [1.54, 1.807) is 12.1 Å². The molecule has 0 aliphatic rings. The third kappa shape index (κ3) is 3.62. The predicted molar refractivity (Wildman–Crippen MR) is 59.3 cm³/mol. The molecule has 0 spiro atoms. The average Bonchev–Trinajstić information content (AvgIpc) is 2.27. The van der Waals surface area contributed by atoms with E-state index >= 15 is 0 Å². The van der Waals surface area contributed by atoms with Gasteiger partial charge in [-0.2, -0.15) is 0 Å². The Kier molecular flexibility index (Phi) is 4.92. The summed E-state index contributed by atoms with van der Waals surface area (Å²) in [5.41, 5.74) is 0.208. The Morgan fingerprint density at radius 1 is 1.50 bits per heavy atom. The Balaban J connectivity index is 2.50. The molecule has 1 amide bonds. The number of amides is 1. The molecule has 0 saturated heterocycles. The molecule has 1 rings (SSSR count). The van der Waals surface area contributed by atoms with Gasteiger partial charge >= 0.3 is 0 Å². The van der Waals surface area contributed by atoms with Gasteiger partial charge in [-0.3, -0.25) is 4.79 Å². The Bertz CT molecular complexity index is 355. The molecule has 0 aromatic heterocycles. The number of aliphatic hydroxyl groups is 1. The van der Waals surface area contributed by atoms with Gasteiger partial charge in [-0.05, 0) is 12.5 Å². The van der Waals surface area contributed by atoms with Gasteiger partial charge in [0.25, 0.3) is 0 Å². The van der Waals surface area contributed by atoms with Gasteiger partial charge in [-0.15, -0.1) is 0 Å². The average molecular weight is 225 g/mol. The molecule has 2 N–H and O–H groups in total. The number of hydrogen-bond acceptors (Lipinski definition) is 2. The van der Waals surface area contributed by atoms with E-state index in [-0.39, 0.29) is 18.0 Å². The molecule has 3 nitrogen and oxygen atoms in total. The monoisotopic (exact) mass is 225 g/mol. The molecule has 0 aliphatic carbocycles. The molecule has 4 heteroatoms. The van der Waals surface area contributed by atoms with E-state index in [0.717, 1.165) is 6.42 Å². The second-order valence-corrected chi connectivity index (χ2v) is 3.59. The summed E-state index contributed by atoms with van der Waals surface area (Å²) in [6, 6.07) is 6.00. The number of carbonyl (C=O) groups is 1. The highest BCUT2D eigenvalue weighted by molar-refractivity contribution is 5.75. The van der Waals surface area contributed by atoms with Crippen LogP contribution in [0.1, 0.15) is 31.4 Å². The predicted octanol–water partition coefficient (Wildman–Crippen LogP) is 1.78. The fourth-order valence-corrected chi connectivity index (χ4v) is 1.38. The Labute approximate surface area is 94.3 Å². The number of rotatable bonds is 5. The molecule has 88 valence electrons. The molecule has 0 saturated carbocycles. The van der Waals surface area contributed by atoms with E-state index in [1.165, 1.54) is 12.1 Å². The normalized spacial score (nSPS) is 12.2. The summed E-state index contributed by atoms with van der Waals surface area (Å²) >= 11 is 0. The lowest BCUT2D eigenvalue weighted by Gasteiger charge is -2.12. The smallest absolute Gasteiger partial charge is 0.220 e. The van der Waals surface area contributed by atoms with Crippen LogP contribution in [0.4, 0.5) is 4.39 Å². The minimum atomic E-state index is -0.998. The third-order valence-corrected chi connectivity index (χ3v) is 2.23. The van der Waals surface area contributed by atoms with Gasteiger partial charge in [-0.25, -0.2) is 4.39 Å². The summed E-state index contributed by atoms with van der Waals surface area (Å²) < 4.78 is 13.2. The van der Waals surface area contributed by atoms with Crippen LogP contribution in [0.2, 0.25) is 0 Å². The van der Waals surface area contributed by atoms with Crippen LogP contribution in [0, 0.1) is 5.82 Å². The Hall–Kier alpha value is -1.42. The lowest BCUT2D eigenvalue weighted by atomic mass is 10.1. The summed E-state index contributed by atoms with van der Waals surface area (Å²) in [6.45, 7) is 1.94. The van der Waals surface area contributed by atoms with E-state index in [9.17, 15) is 14.3 Å². The van der Waals surface area contributed by atoms with Crippen LogP contribution < -0.4 is 5.32 Å². The van der Waals surface area contributed by atoms with Gasteiger partial charge < -0.3 is 10.4 Å². The van der Waals surface area contributed by atoms with Crippen molar-refractivity contribution in [1.29, 1.82) is 0 Å². The van der Waals surface area contributed by atoms with Crippen LogP contribution in [-0.4, -0.2) is 17.6 Å². The minimum absolute atomic E-state index is 0.0414. The first-order valence-corrected chi connectivity index (χ1v) is 5.34. The maximum absolute atomic E-state index is 13.2. The number of aliphatic hydroxyl groups excluding tert-OH is 1. The largest absolute Gasteiger partial charge is 0.386 e. The highest BCUT2D eigenvalue weighted by Crippen LogP contribution is 2.15. The van der Waals surface area contributed by atoms with Crippen molar-refractivity contribution in [3.05, 3.63) is 35.6 Å².